The Balaban J connectivity index is 2.05. The lowest BCUT2D eigenvalue weighted by atomic mass is 10.1. The van der Waals surface area contributed by atoms with Gasteiger partial charge in [-0.25, -0.2) is 9.97 Å². The quantitative estimate of drug-likeness (QED) is 0.689. The van der Waals surface area contributed by atoms with E-state index in [0.717, 1.165) is 21.1 Å². The molecule has 3 N–H and O–H groups in total. The minimum Gasteiger partial charge on any atom is -0.399 e. The normalized spacial score (nSPS) is 12.3. The van der Waals surface area contributed by atoms with Crippen LogP contribution < -0.4 is 16.6 Å². The molecular weight excluding hydrogens is 358 g/mol. The predicted octanol–water partition coefficient (Wildman–Crippen LogP) is 2.85. The standard InChI is InChI=1S/C16H16BrN5O/c1-9(16-19-7-10(17)8-20-16)21-13-6-15(23)22(2)14-4-3-11(18)5-12(13)14/h3-9,21H,18H2,1-2H3. The molecule has 0 aliphatic rings. The van der Waals surface area contributed by atoms with E-state index in [0.29, 0.717) is 11.5 Å². The molecule has 1 aromatic carbocycles. The third kappa shape index (κ3) is 3.05. The molecule has 1 unspecified atom stereocenters. The zero-order valence-electron chi connectivity index (χ0n) is 12.7. The molecule has 2 heterocycles. The lowest BCUT2D eigenvalue weighted by Crippen LogP contribution is -2.19. The van der Waals surface area contributed by atoms with E-state index in [1.54, 1.807) is 36.1 Å². The largest absolute Gasteiger partial charge is 0.399 e. The Labute approximate surface area is 141 Å². The van der Waals surface area contributed by atoms with Gasteiger partial charge in [-0.1, -0.05) is 0 Å². The van der Waals surface area contributed by atoms with Crippen molar-refractivity contribution in [3.63, 3.8) is 0 Å². The van der Waals surface area contributed by atoms with Crippen molar-refractivity contribution in [3.8, 4) is 0 Å². The fraction of sp³-hybridized carbons (Fsp3) is 0.188. The van der Waals surface area contributed by atoms with Crippen molar-refractivity contribution in [2.75, 3.05) is 11.1 Å². The lowest BCUT2D eigenvalue weighted by molar-refractivity contribution is 0.786. The van der Waals surface area contributed by atoms with Gasteiger partial charge >= 0.3 is 0 Å². The maximum atomic E-state index is 12.2. The summed E-state index contributed by atoms with van der Waals surface area (Å²) in [5.41, 5.74) is 7.99. The monoisotopic (exact) mass is 373 g/mol. The highest BCUT2D eigenvalue weighted by molar-refractivity contribution is 9.10. The van der Waals surface area contributed by atoms with Gasteiger partial charge in [-0.3, -0.25) is 4.79 Å². The number of benzene rings is 1. The van der Waals surface area contributed by atoms with Crippen LogP contribution in [0.5, 0.6) is 0 Å². The fourth-order valence-electron chi connectivity index (χ4n) is 2.44. The molecule has 0 radical (unpaired) electrons. The van der Waals surface area contributed by atoms with Crippen LogP contribution in [0.4, 0.5) is 11.4 Å². The minimum absolute atomic E-state index is 0.0892. The predicted molar refractivity (Wildman–Crippen MR) is 95.4 cm³/mol. The molecule has 0 saturated heterocycles. The van der Waals surface area contributed by atoms with Gasteiger partial charge < -0.3 is 15.6 Å². The highest BCUT2D eigenvalue weighted by Gasteiger charge is 2.12. The zero-order chi connectivity index (χ0) is 16.6. The van der Waals surface area contributed by atoms with Crippen molar-refractivity contribution in [1.29, 1.82) is 0 Å². The van der Waals surface area contributed by atoms with E-state index >= 15 is 0 Å². The Hall–Kier alpha value is -2.41. The molecular formula is C16H16BrN5O. The highest BCUT2D eigenvalue weighted by atomic mass is 79.9. The lowest BCUT2D eigenvalue weighted by Gasteiger charge is -2.17. The molecule has 0 aliphatic carbocycles. The number of nitrogens with one attached hydrogen (secondary N) is 1. The number of nitrogens with zero attached hydrogens (tertiary/aromatic N) is 3. The summed E-state index contributed by atoms with van der Waals surface area (Å²) in [4.78, 5) is 20.7. The Morgan fingerprint density at radius 1 is 1.26 bits per heavy atom. The summed E-state index contributed by atoms with van der Waals surface area (Å²) in [6.45, 7) is 1.94. The molecule has 0 fully saturated rings. The number of hydrogen-bond acceptors (Lipinski definition) is 5. The highest BCUT2D eigenvalue weighted by Crippen LogP contribution is 2.26. The summed E-state index contributed by atoms with van der Waals surface area (Å²) >= 11 is 3.32. The summed E-state index contributed by atoms with van der Waals surface area (Å²) in [6, 6.07) is 6.90. The van der Waals surface area contributed by atoms with Crippen molar-refractivity contribution in [2.45, 2.75) is 13.0 Å². The van der Waals surface area contributed by atoms with E-state index in [2.05, 4.69) is 31.2 Å². The first-order valence-corrected chi connectivity index (χ1v) is 7.88. The number of pyridine rings is 1. The second kappa shape index (κ2) is 6.00. The van der Waals surface area contributed by atoms with Crippen molar-refractivity contribution in [1.82, 2.24) is 14.5 Å². The van der Waals surface area contributed by atoms with E-state index in [1.807, 2.05) is 19.1 Å². The van der Waals surface area contributed by atoms with Gasteiger partial charge in [0, 0.05) is 42.3 Å². The summed E-state index contributed by atoms with van der Waals surface area (Å²) in [5, 5.41) is 4.19. The second-order valence-electron chi connectivity index (χ2n) is 5.36. The Morgan fingerprint density at radius 2 is 1.96 bits per heavy atom. The number of fused-ring (bicyclic) bond motifs is 1. The van der Waals surface area contributed by atoms with Crippen LogP contribution in [0, 0.1) is 0 Å². The molecule has 2 aromatic heterocycles. The summed E-state index contributed by atoms with van der Waals surface area (Å²) in [5.74, 6) is 0.644. The van der Waals surface area contributed by atoms with Gasteiger partial charge in [-0.2, -0.15) is 0 Å². The molecule has 0 spiro atoms. The number of anilines is 2. The van der Waals surface area contributed by atoms with Crippen molar-refractivity contribution < 1.29 is 0 Å². The number of nitrogen functional groups attached to an aromatic ring is 1. The Morgan fingerprint density at radius 3 is 2.65 bits per heavy atom. The van der Waals surface area contributed by atoms with E-state index in [1.165, 1.54) is 0 Å². The first-order chi connectivity index (χ1) is 11.0. The summed E-state index contributed by atoms with van der Waals surface area (Å²) in [7, 11) is 1.74. The molecule has 0 amide bonds. The Bertz CT molecular complexity index is 920. The van der Waals surface area contributed by atoms with Crippen LogP contribution in [0.25, 0.3) is 10.9 Å². The van der Waals surface area contributed by atoms with Crippen LogP contribution in [0.1, 0.15) is 18.8 Å². The maximum Gasteiger partial charge on any atom is 0.252 e. The van der Waals surface area contributed by atoms with E-state index in [4.69, 9.17) is 5.73 Å². The molecule has 1 atom stereocenters. The van der Waals surface area contributed by atoms with Gasteiger partial charge in [0.1, 0.15) is 5.82 Å². The second-order valence-corrected chi connectivity index (χ2v) is 6.27. The first-order valence-electron chi connectivity index (χ1n) is 7.09. The number of rotatable bonds is 3. The number of aryl methyl sites for hydroxylation is 1. The van der Waals surface area contributed by atoms with Gasteiger partial charge in [-0.15, -0.1) is 0 Å². The third-order valence-corrected chi connectivity index (χ3v) is 4.08. The van der Waals surface area contributed by atoms with Crippen LogP contribution in [-0.2, 0) is 7.05 Å². The van der Waals surface area contributed by atoms with Crippen molar-refractivity contribution in [2.24, 2.45) is 7.05 Å². The van der Waals surface area contributed by atoms with Crippen LogP contribution in [0.3, 0.4) is 0 Å². The average molecular weight is 374 g/mol. The van der Waals surface area contributed by atoms with E-state index in [-0.39, 0.29) is 11.6 Å². The van der Waals surface area contributed by atoms with Gasteiger partial charge in [0.2, 0.25) is 0 Å². The van der Waals surface area contributed by atoms with Crippen LogP contribution in [0.15, 0.2) is 45.9 Å². The van der Waals surface area contributed by atoms with E-state index in [9.17, 15) is 4.79 Å². The SMILES string of the molecule is CC(Nc1cc(=O)n(C)c2ccc(N)cc12)c1ncc(Br)cn1. The summed E-state index contributed by atoms with van der Waals surface area (Å²) in [6.07, 6.45) is 3.39. The number of aromatic nitrogens is 3. The smallest absolute Gasteiger partial charge is 0.252 e. The number of nitrogens with two attached hydrogens (primary N) is 1. The van der Waals surface area contributed by atoms with Crippen LogP contribution in [0.2, 0.25) is 0 Å². The fourth-order valence-corrected chi connectivity index (χ4v) is 2.65. The molecule has 3 aromatic rings. The van der Waals surface area contributed by atoms with Crippen LogP contribution in [-0.4, -0.2) is 14.5 Å². The summed E-state index contributed by atoms with van der Waals surface area (Å²) < 4.78 is 2.42. The number of halogens is 1. The minimum atomic E-state index is -0.153. The van der Waals surface area contributed by atoms with Crippen molar-refractivity contribution >= 4 is 38.2 Å². The maximum absolute atomic E-state index is 12.2. The topological polar surface area (TPSA) is 85.8 Å². The molecule has 6 nitrogen and oxygen atoms in total. The third-order valence-electron chi connectivity index (χ3n) is 3.67. The van der Waals surface area contributed by atoms with Gasteiger partial charge in [-0.05, 0) is 41.1 Å². The van der Waals surface area contributed by atoms with Crippen molar-refractivity contribution in [3.05, 3.63) is 57.3 Å². The molecule has 23 heavy (non-hydrogen) atoms. The number of hydrogen-bond donors (Lipinski definition) is 2. The molecule has 7 heteroatoms. The molecule has 118 valence electrons. The first kappa shape index (κ1) is 15.5. The van der Waals surface area contributed by atoms with E-state index < -0.39 is 0 Å². The average Bonchev–Trinajstić information content (AvgIpc) is 2.53. The Kier molecular flexibility index (Phi) is 4.04. The molecule has 0 saturated carbocycles. The molecule has 0 aliphatic heterocycles. The van der Waals surface area contributed by atoms with Gasteiger partial charge in [0.15, 0.2) is 0 Å². The zero-order valence-corrected chi connectivity index (χ0v) is 14.3. The molecule has 3 rings (SSSR count). The molecule has 0 bridgehead atoms. The van der Waals surface area contributed by atoms with Crippen LogP contribution >= 0.6 is 15.9 Å². The van der Waals surface area contributed by atoms with Gasteiger partial charge in [0.05, 0.1) is 16.0 Å². The van der Waals surface area contributed by atoms with Gasteiger partial charge in [0.25, 0.3) is 5.56 Å².